The van der Waals surface area contributed by atoms with E-state index >= 15 is 0 Å². The fraction of sp³-hybridized carbons (Fsp3) is 0.200. The second-order valence-corrected chi connectivity index (χ2v) is 3.58. The van der Waals surface area contributed by atoms with Crippen molar-refractivity contribution in [1.82, 2.24) is 0 Å². The van der Waals surface area contributed by atoms with Crippen molar-refractivity contribution in [3.8, 4) is 5.75 Å². The van der Waals surface area contributed by atoms with Gasteiger partial charge in [-0.1, -0.05) is 23.9 Å². The molecule has 0 aromatic heterocycles. The van der Waals surface area contributed by atoms with Crippen molar-refractivity contribution in [3.05, 3.63) is 35.2 Å². The van der Waals surface area contributed by atoms with Gasteiger partial charge in [-0.3, -0.25) is 0 Å². The van der Waals surface area contributed by atoms with Crippen molar-refractivity contribution < 1.29 is 4.74 Å². The molecule has 2 rings (SSSR count). The molecule has 0 saturated carbocycles. The number of rotatable bonds is 1. The first-order valence-electron chi connectivity index (χ1n) is 3.89. The third-order valence-electron chi connectivity index (χ3n) is 1.92. The lowest BCUT2D eigenvalue weighted by molar-refractivity contribution is 0.409. The van der Waals surface area contributed by atoms with E-state index in [9.17, 15) is 0 Å². The minimum absolute atomic E-state index is 0.992. The minimum atomic E-state index is 0.992. The van der Waals surface area contributed by atoms with Gasteiger partial charge in [-0.25, -0.2) is 0 Å². The van der Waals surface area contributed by atoms with Crippen molar-refractivity contribution in [2.24, 2.45) is 0 Å². The Labute approximate surface area is 76.4 Å². The van der Waals surface area contributed by atoms with Crippen molar-refractivity contribution in [2.45, 2.75) is 11.3 Å². The second-order valence-electron chi connectivity index (χ2n) is 2.63. The fourth-order valence-corrected chi connectivity index (χ4v) is 2.16. The van der Waals surface area contributed by atoms with Crippen molar-refractivity contribution >= 4 is 11.8 Å². The third-order valence-corrected chi connectivity index (χ3v) is 2.89. The number of hydrogen-bond donors (Lipinski definition) is 0. The van der Waals surface area contributed by atoms with Crippen LogP contribution < -0.4 is 4.74 Å². The van der Waals surface area contributed by atoms with Crippen LogP contribution in [0.15, 0.2) is 34.6 Å². The van der Waals surface area contributed by atoms with Crippen molar-refractivity contribution in [3.63, 3.8) is 0 Å². The Morgan fingerprint density at radius 1 is 1.42 bits per heavy atom. The first kappa shape index (κ1) is 7.74. The van der Waals surface area contributed by atoms with Crippen LogP contribution in [0.25, 0.3) is 0 Å². The number of fused-ring (bicyclic) bond motifs is 1. The molecule has 0 atom stereocenters. The summed E-state index contributed by atoms with van der Waals surface area (Å²) in [7, 11) is 1.72. The van der Waals surface area contributed by atoms with Crippen LogP contribution in [0, 0.1) is 0 Å². The summed E-state index contributed by atoms with van der Waals surface area (Å²) in [6.45, 7) is 0. The normalized spacial score (nSPS) is 14.1. The van der Waals surface area contributed by atoms with Gasteiger partial charge in [0, 0.05) is 10.5 Å². The Morgan fingerprint density at radius 2 is 2.33 bits per heavy atom. The van der Waals surface area contributed by atoms with E-state index in [4.69, 9.17) is 4.74 Å². The van der Waals surface area contributed by atoms with Crippen LogP contribution in [0.5, 0.6) is 5.75 Å². The van der Waals surface area contributed by atoms with Crippen LogP contribution in [-0.2, 0) is 6.42 Å². The lowest BCUT2D eigenvalue weighted by atomic mass is 10.1. The summed E-state index contributed by atoms with van der Waals surface area (Å²) >= 11 is 1.76. The van der Waals surface area contributed by atoms with Gasteiger partial charge >= 0.3 is 0 Å². The van der Waals surface area contributed by atoms with Gasteiger partial charge < -0.3 is 4.74 Å². The summed E-state index contributed by atoms with van der Waals surface area (Å²) in [5.74, 6) is 1.00. The van der Waals surface area contributed by atoms with Crippen molar-refractivity contribution in [2.75, 3.05) is 7.11 Å². The second kappa shape index (κ2) is 3.23. The maximum Gasteiger partial charge on any atom is 0.123 e. The van der Waals surface area contributed by atoms with Gasteiger partial charge in [0.25, 0.3) is 0 Å². The van der Waals surface area contributed by atoms with Crippen LogP contribution in [0.1, 0.15) is 5.56 Å². The molecular weight excluding hydrogens is 168 g/mol. The van der Waals surface area contributed by atoms with E-state index in [0.29, 0.717) is 0 Å². The van der Waals surface area contributed by atoms with Crippen LogP contribution in [0.4, 0.5) is 0 Å². The van der Waals surface area contributed by atoms with Crippen LogP contribution in [0.3, 0.4) is 0 Å². The molecule has 0 N–H and O–H groups in total. The third kappa shape index (κ3) is 1.23. The average molecular weight is 178 g/mol. The largest absolute Gasteiger partial charge is 0.496 e. The Bertz CT molecular complexity index is 318. The Hall–Kier alpha value is -0.890. The molecule has 1 aromatic carbocycles. The van der Waals surface area contributed by atoms with Gasteiger partial charge in [0.05, 0.1) is 7.11 Å². The smallest absolute Gasteiger partial charge is 0.123 e. The maximum atomic E-state index is 5.27. The molecule has 1 aliphatic heterocycles. The van der Waals surface area contributed by atoms with Crippen LogP contribution >= 0.6 is 11.8 Å². The zero-order valence-corrected chi connectivity index (χ0v) is 7.73. The average Bonchev–Trinajstić information content (AvgIpc) is 2.17. The van der Waals surface area contributed by atoms with Gasteiger partial charge in [0.15, 0.2) is 0 Å². The van der Waals surface area contributed by atoms with E-state index in [1.165, 1.54) is 10.5 Å². The molecule has 0 bridgehead atoms. The summed E-state index contributed by atoms with van der Waals surface area (Å²) in [6.07, 6.45) is 3.15. The number of methoxy groups -OCH3 is 1. The van der Waals surface area contributed by atoms with E-state index in [0.717, 1.165) is 12.2 Å². The molecule has 12 heavy (non-hydrogen) atoms. The van der Waals surface area contributed by atoms with E-state index in [1.807, 2.05) is 12.1 Å². The Morgan fingerprint density at radius 3 is 3.17 bits per heavy atom. The molecular formula is C10H10OS. The summed E-state index contributed by atoms with van der Waals surface area (Å²) in [4.78, 5) is 1.32. The van der Waals surface area contributed by atoms with E-state index in [2.05, 4.69) is 17.6 Å². The van der Waals surface area contributed by atoms with Crippen molar-refractivity contribution in [1.29, 1.82) is 0 Å². The van der Waals surface area contributed by atoms with E-state index < -0.39 is 0 Å². The van der Waals surface area contributed by atoms with Gasteiger partial charge in [0.2, 0.25) is 0 Å². The van der Waals surface area contributed by atoms with Crippen LogP contribution in [0.2, 0.25) is 0 Å². The SMILES string of the molecule is COc1cccc2c1CC=CS2. The quantitative estimate of drug-likeness (QED) is 0.654. The highest BCUT2D eigenvalue weighted by Crippen LogP contribution is 2.34. The lowest BCUT2D eigenvalue weighted by Crippen LogP contribution is -1.94. The molecule has 0 amide bonds. The highest BCUT2D eigenvalue weighted by molar-refractivity contribution is 8.02. The molecule has 0 fully saturated rings. The summed E-state index contributed by atoms with van der Waals surface area (Å²) in [5, 5.41) is 2.13. The summed E-state index contributed by atoms with van der Waals surface area (Å²) in [5.41, 5.74) is 1.31. The number of allylic oxidation sites excluding steroid dienone is 1. The molecule has 0 radical (unpaired) electrons. The number of thioether (sulfide) groups is 1. The zero-order valence-electron chi connectivity index (χ0n) is 6.91. The Balaban J connectivity index is 2.48. The predicted molar refractivity (Wildman–Crippen MR) is 51.7 cm³/mol. The molecule has 0 saturated heterocycles. The minimum Gasteiger partial charge on any atom is -0.496 e. The predicted octanol–water partition coefficient (Wildman–Crippen LogP) is 2.86. The highest BCUT2D eigenvalue weighted by Gasteiger charge is 2.09. The summed E-state index contributed by atoms with van der Waals surface area (Å²) < 4.78 is 5.27. The first-order chi connectivity index (χ1) is 5.92. The Kier molecular flexibility index (Phi) is 2.09. The van der Waals surface area contributed by atoms with Gasteiger partial charge in [-0.15, -0.1) is 0 Å². The monoisotopic (exact) mass is 178 g/mol. The highest BCUT2D eigenvalue weighted by atomic mass is 32.2. The standard InChI is InChI=1S/C10H10OS/c1-11-9-5-2-6-10-8(9)4-3-7-12-10/h2-3,5-7H,4H2,1H3. The number of benzene rings is 1. The van der Waals surface area contributed by atoms with E-state index in [1.54, 1.807) is 18.9 Å². The van der Waals surface area contributed by atoms with E-state index in [-0.39, 0.29) is 0 Å². The molecule has 2 heteroatoms. The molecule has 0 spiro atoms. The zero-order chi connectivity index (χ0) is 8.39. The topological polar surface area (TPSA) is 9.23 Å². The molecule has 0 aliphatic carbocycles. The number of ether oxygens (including phenoxy) is 1. The first-order valence-corrected chi connectivity index (χ1v) is 4.77. The van der Waals surface area contributed by atoms with Gasteiger partial charge in [-0.2, -0.15) is 0 Å². The molecule has 1 nitrogen and oxygen atoms in total. The maximum absolute atomic E-state index is 5.27. The van der Waals surface area contributed by atoms with Crippen LogP contribution in [-0.4, -0.2) is 7.11 Å². The molecule has 1 aliphatic rings. The molecule has 62 valence electrons. The molecule has 1 heterocycles. The van der Waals surface area contributed by atoms with Gasteiger partial charge in [0.1, 0.15) is 5.75 Å². The number of hydrogen-bond acceptors (Lipinski definition) is 2. The lowest BCUT2D eigenvalue weighted by Gasteiger charge is -2.13. The summed E-state index contributed by atoms with van der Waals surface area (Å²) in [6, 6.07) is 6.18. The fourth-order valence-electron chi connectivity index (χ4n) is 1.34. The van der Waals surface area contributed by atoms with Gasteiger partial charge in [-0.05, 0) is 24.0 Å². The molecule has 0 unspecified atom stereocenters. The molecule has 1 aromatic rings.